The van der Waals surface area contributed by atoms with Gasteiger partial charge in [0.2, 0.25) is 0 Å². The third kappa shape index (κ3) is 5.18. The van der Waals surface area contributed by atoms with E-state index >= 15 is 0 Å². The molecule has 0 saturated carbocycles. The molecule has 0 aliphatic carbocycles. The fraction of sp³-hybridized carbons (Fsp3) is 0.172. The van der Waals surface area contributed by atoms with Gasteiger partial charge in [-0.2, -0.15) is 0 Å². The molecule has 0 unspecified atom stereocenters. The summed E-state index contributed by atoms with van der Waals surface area (Å²) < 4.78 is 17.2. The summed E-state index contributed by atoms with van der Waals surface area (Å²) in [5.41, 5.74) is 6.13. The number of ether oxygens (including phenoxy) is 3. The molecule has 0 aliphatic rings. The van der Waals surface area contributed by atoms with Gasteiger partial charge in [-0.05, 0) is 52.9 Å². The van der Waals surface area contributed by atoms with E-state index in [1.54, 1.807) is 14.2 Å². The molecule has 0 aromatic heterocycles. The van der Waals surface area contributed by atoms with Crippen LogP contribution >= 0.6 is 0 Å². The first-order valence-corrected chi connectivity index (χ1v) is 11.0. The summed E-state index contributed by atoms with van der Waals surface area (Å²) in [6.07, 6.45) is 0.534. The largest absolute Gasteiger partial charge is 0.497 e. The zero-order chi connectivity index (χ0) is 23.0. The minimum Gasteiger partial charge on any atom is -0.497 e. The quantitative estimate of drug-likeness (QED) is 0.339. The van der Waals surface area contributed by atoms with Crippen LogP contribution in [0.25, 0.3) is 22.3 Å². The van der Waals surface area contributed by atoms with Gasteiger partial charge in [-0.3, -0.25) is 0 Å². The van der Waals surface area contributed by atoms with E-state index in [0.29, 0.717) is 13.0 Å². The van der Waals surface area contributed by atoms with E-state index in [0.717, 1.165) is 50.6 Å². The van der Waals surface area contributed by atoms with Crippen molar-refractivity contribution in [2.45, 2.75) is 13.0 Å². The van der Waals surface area contributed by atoms with Crippen LogP contribution in [0.5, 0.6) is 17.2 Å². The van der Waals surface area contributed by atoms with Crippen molar-refractivity contribution in [1.82, 2.24) is 0 Å². The first-order valence-electron chi connectivity index (χ1n) is 11.0. The molecule has 4 heteroatoms. The predicted molar refractivity (Wildman–Crippen MR) is 132 cm³/mol. The maximum atomic E-state index is 9.74. The molecule has 4 aromatic rings. The van der Waals surface area contributed by atoms with Gasteiger partial charge in [-0.15, -0.1) is 0 Å². The minimum absolute atomic E-state index is 0.0587. The lowest BCUT2D eigenvalue weighted by atomic mass is 9.91. The summed E-state index contributed by atoms with van der Waals surface area (Å²) >= 11 is 0. The molecular formula is C29H28O4. The van der Waals surface area contributed by atoms with E-state index in [4.69, 9.17) is 14.2 Å². The summed E-state index contributed by atoms with van der Waals surface area (Å²) in [7, 11) is 3.32. The lowest BCUT2D eigenvalue weighted by molar-refractivity contribution is 0.297. The van der Waals surface area contributed by atoms with E-state index in [1.807, 2.05) is 66.7 Å². The van der Waals surface area contributed by atoms with Gasteiger partial charge in [0.1, 0.15) is 23.9 Å². The van der Waals surface area contributed by atoms with Gasteiger partial charge in [-0.25, -0.2) is 0 Å². The number of hydrogen-bond donors (Lipinski definition) is 1. The van der Waals surface area contributed by atoms with Gasteiger partial charge in [0.05, 0.1) is 14.2 Å². The fourth-order valence-corrected chi connectivity index (χ4v) is 3.90. The lowest BCUT2D eigenvalue weighted by Crippen LogP contribution is -2.03. The second kappa shape index (κ2) is 10.7. The van der Waals surface area contributed by atoms with Crippen LogP contribution in [-0.2, 0) is 13.0 Å². The van der Waals surface area contributed by atoms with Gasteiger partial charge < -0.3 is 19.3 Å². The fourth-order valence-electron chi connectivity index (χ4n) is 3.90. The first kappa shape index (κ1) is 22.4. The van der Waals surface area contributed by atoms with E-state index in [2.05, 4.69) is 24.3 Å². The SMILES string of the molecule is COc1ccc(-c2ccc(CCO)c(-c3ccc(OC)cc3)c2OCc2ccccc2)cc1. The molecule has 0 saturated heterocycles. The summed E-state index contributed by atoms with van der Waals surface area (Å²) in [5, 5.41) is 9.74. The van der Waals surface area contributed by atoms with Crippen LogP contribution in [0.4, 0.5) is 0 Å². The van der Waals surface area contributed by atoms with Crippen molar-refractivity contribution in [2.75, 3.05) is 20.8 Å². The van der Waals surface area contributed by atoms with Crippen LogP contribution in [-0.4, -0.2) is 25.9 Å². The summed E-state index contributed by atoms with van der Waals surface area (Å²) in [5.74, 6) is 2.39. The number of aliphatic hydroxyl groups excluding tert-OH is 1. The zero-order valence-corrected chi connectivity index (χ0v) is 19.0. The maximum absolute atomic E-state index is 9.74. The second-order valence-corrected chi connectivity index (χ2v) is 7.68. The van der Waals surface area contributed by atoms with Crippen molar-refractivity contribution in [2.24, 2.45) is 0 Å². The Morgan fingerprint density at radius 2 is 1.27 bits per heavy atom. The Hall–Kier alpha value is -3.76. The third-order valence-corrected chi connectivity index (χ3v) is 5.63. The zero-order valence-electron chi connectivity index (χ0n) is 19.0. The second-order valence-electron chi connectivity index (χ2n) is 7.68. The van der Waals surface area contributed by atoms with Crippen LogP contribution in [0, 0.1) is 0 Å². The molecule has 0 aliphatic heterocycles. The highest BCUT2D eigenvalue weighted by atomic mass is 16.5. The number of methoxy groups -OCH3 is 2. The standard InChI is InChI=1S/C29H28O4/c1-31-25-13-8-22(9-14-25)27-17-12-24(18-19-30)28(23-10-15-26(32-2)16-11-23)29(27)33-20-21-6-4-3-5-7-21/h3-17,30H,18-20H2,1-2H3. The van der Waals surface area contributed by atoms with E-state index in [-0.39, 0.29) is 6.61 Å². The lowest BCUT2D eigenvalue weighted by Gasteiger charge is -2.20. The Balaban J connectivity index is 1.87. The van der Waals surface area contributed by atoms with Crippen molar-refractivity contribution in [1.29, 1.82) is 0 Å². The van der Waals surface area contributed by atoms with Crippen molar-refractivity contribution in [3.05, 3.63) is 102 Å². The third-order valence-electron chi connectivity index (χ3n) is 5.63. The topological polar surface area (TPSA) is 47.9 Å². The first-order chi connectivity index (χ1) is 16.2. The number of rotatable bonds is 9. The van der Waals surface area contributed by atoms with Crippen LogP contribution in [0.1, 0.15) is 11.1 Å². The number of benzene rings is 4. The van der Waals surface area contributed by atoms with Crippen molar-refractivity contribution < 1.29 is 19.3 Å². The van der Waals surface area contributed by atoms with Crippen LogP contribution in [0.2, 0.25) is 0 Å². The molecule has 168 valence electrons. The highest BCUT2D eigenvalue weighted by Crippen LogP contribution is 2.43. The maximum Gasteiger partial charge on any atom is 0.135 e. The molecule has 1 N–H and O–H groups in total. The Kier molecular flexibility index (Phi) is 7.28. The normalized spacial score (nSPS) is 10.6. The predicted octanol–water partition coefficient (Wildman–Crippen LogP) is 6.15. The molecular weight excluding hydrogens is 412 g/mol. The molecule has 0 radical (unpaired) electrons. The van der Waals surface area contributed by atoms with Gasteiger partial charge in [0, 0.05) is 17.7 Å². The number of hydrogen-bond acceptors (Lipinski definition) is 4. The highest BCUT2D eigenvalue weighted by Gasteiger charge is 2.18. The Bertz CT molecular complexity index is 1170. The highest BCUT2D eigenvalue weighted by molar-refractivity contribution is 5.85. The Labute approximate surface area is 195 Å². The van der Waals surface area contributed by atoms with Gasteiger partial charge >= 0.3 is 0 Å². The van der Waals surface area contributed by atoms with E-state index in [1.165, 1.54) is 0 Å². The molecule has 0 bridgehead atoms. The monoisotopic (exact) mass is 440 g/mol. The molecule has 0 spiro atoms. The number of aliphatic hydroxyl groups is 1. The van der Waals surface area contributed by atoms with Gasteiger partial charge in [0.25, 0.3) is 0 Å². The minimum atomic E-state index is 0.0587. The van der Waals surface area contributed by atoms with Crippen LogP contribution in [0.15, 0.2) is 91.0 Å². The molecule has 4 aromatic carbocycles. The van der Waals surface area contributed by atoms with Gasteiger partial charge in [0.15, 0.2) is 0 Å². The molecule has 4 nitrogen and oxygen atoms in total. The van der Waals surface area contributed by atoms with Crippen molar-refractivity contribution in [3.8, 4) is 39.5 Å². The van der Waals surface area contributed by atoms with Gasteiger partial charge in [-0.1, -0.05) is 66.7 Å². The summed E-state index contributed by atoms with van der Waals surface area (Å²) in [6, 6.07) is 30.2. The van der Waals surface area contributed by atoms with Crippen molar-refractivity contribution >= 4 is 0 Å². The average Bonchev–Trinajstić information content (AvgIpc) is 2.88. The molecule has 0 amide bonds. The van der Waals surface area contributed by atoms with E-state index in [9.17, 15) is 5.11 Å². The molecule has 33 heavy (non-hydrogen) atoms. The molecule has 4 rings (SSSR count). The van der Waals surface area contributed by atoms with E-state index < -0.39 is 0 Å². The van der Waals surface area contributed by atoms with Crippen LogP contribution in [0.3, 0.4) is 0 Å². The molecule has 0 fully saturated rings. The molecule has 0 heterocycles. The van der Waals surface area contributed by atoms with Crippen molar-refractivity contribution in [3.63, 3.8) is 0 Å². The Morgan fingerprint density at radius 3 is 1.85 bits per heavy atom. The summed E-state index contributed by atoms with van der Waals surface area (Å²) in [6.45, 7) is 0.499. The van der Waals surface area contributed by atoms with Crippen LogP contribution < -0.4 is 14.2 Å². The summed E-state index contributed by atoms with van der Waals surface area (Å²) in [4.78, 5) is 0. The Morgan fingerprint density at radius 1 is 0.667 bits per heavy atom. The smallest absolute Gasteiger partial charge is 0.135 e. The molecule has 0 atom stereocenters. The average molecular weight is 441 g/mol.